The van der Waals surface area contributed by atoms with E-state index in [0.29, 0.717) is 34.6 Å². The van der Waals surface area contributed by atoms with Crippen molar-refractivity contribution in [3.05, 3.63) is 92.5 Å². The number of benzene rings is 3. The second kappa shape index (κ2) is 9.71. The van der Waals surface area contributed by atoms with Gasteiger partial charge in [-0.2, -0.15) is 0 Å². The molecule has 0 atom stereocenters. The van der Waals surface area contributed by atoms with Gasteiger partial charge in [0.15, 0.2) is 0 Å². The number of ether oxygens (including phenoxy) is 1. The highest BCUT2D eigenvalue weighted by Crippen LogP contribution is 2.34. The first-order chi connectivity index (χ1) is 16.9. The van der Waals surface area contributed by atoms with Crippen LogP contribution in [0.15, 0.2) is 74.3 Å². The number of aromatic hydroxyl groups is 1. The molecule has 8 heteroatoms. The van der Waals surface area contributed by atoms with Crippen molar-refractivity contribution in [3.63, 3.8) is 0 Å². The first kappa shape index (κ1) is 23.4. The van der Waals surface area contributed by atoms with Crippen molar-refractivity contribution in [1.29, 1.82) is 0 Å². The Labute approximate surface area is 210 Å². The molecule has 4 aromatic rings. The van der Waals surface area contributed by atoms with E-state index in [2.05, 4.69) is 25.7 Å². The Balaban J connectivity index is 1.40. The van der Waals surface area contributed by atoms with Crippen molar-refractivity contribution in [3.8, 4) is 17.2 Å². The number of nitrogens with zero attached hydrogens (tertiary/aromatic N) is 2. The number of hydrogen-bond acceptors (Lipinski definition) is 6. The van der Waals surface area contributed by atoms with Gasteiger partial charge in [0.2, 0.25) is 11.2 Å². The molecule has 0 amide bonds. The summed E-state index contributed by atoms with van der Waals surface area (Å²) in [5.74, 6) is 0.807. The van der Waals surface area contributed by atoms with Crippen LogP contribution in [0.1, 0.15) is 11.3 Å². The third-order valence-electron chi connectivity index (χ3n) is 6.26. The van der Waals surface area contributed by atoms with Gasteiger partial charge in [-0.25, -0.2) is 4.39 Å². The molecule has 35 heavy (non-hydrogen) atoms. The highest BCUT2D eigenvalue weighted by atomic mass is 79.9. The maximum Gasteiger partial charge on any atom is 0.235 e. The summed E-state index contributed by atoms with van der Waals surface area (Å²) >= 11 is 3.43. The van der Waals surface area contributed by atoms with Crippen molar-refractivity contribution in [2.24, 2.45) is 0 Å². The van der Waals surface area contributed by atoms with Crippen LogP contribution in [-0.2, 0) is 6.54 Å². The van der Waals surface area contributed by atoms with E-state index in [0.717, 1.165) is 36.3 Å². The van der Waals surface area contributed by atoms with E-state index in [1.165, 1.54) is 18.2 Å². The average Bonchev–Trinajstić information content (AvgIpc) is 2.86. The molecule has 1 aromatic heterocycles. The minimum Gasteiger partial charge on any atom is -0.507 e. The number of anilines is 1. The van der Waals surface area contributed by atoms with Gasteiger partial charge in [0.05, 0.1) is 15.4 Å². The number of phenolic OH excluding ortho intramolecular Hbond substituents is 1. The van der Waals surface area contributed by atoms with Crippen molar-refractivity contribution < 1.29 is 18.7 Å². The third kappa shape index (κ3) is 4.76. The van der Waals surface area contributed by atoms with Gasteiger partial charge in [0.25, 0.3) is 0 Å². The molecule has 3 aromatic carbocycles. The van der Waals surface area contributed by atoms with E-state index in [1.54, 1.807) is 31.2 Å². The van der Waals surface area contributed by atoms with Gasteiger partial charge < -0.3 is 19.2 Å². The van der Waals surface area contributed by atoms with Crippen LogP contribution in [0.3, 0.4) is 0 Å². The Morgan fingerprint density at radius 3 is 2.46 bits per heavy atom. The van der Waals surface area contributed by atoms with Gasteiger partial charge in [-0.15, -0.1) is 0 Å². The molecule has 1 N–H and O–H groups in total. The quantitative estimate of drug-likeness (QED) is 0.345. The summed E-state index contributed by atoms with van der Waals surface area (Å²) < 4.78 is 25.9. The summed E-state index contributed by atoms with van der Waals surface area (Å²) in [5, 5.41) is 11.0. The molecular formula is C27H24BrFN2O4. The second-order valence-corrected chi connectivity index (χ2v) is 9.38. The van der Waals surface area contributed by atoms with Gasteiger partial charge in [-0.05, 0) is 71.4 Å². The Morgan fingerprint density at radius 2 is 1.74 bits per heavy atom. The van der Waals surface area contributed by atoms with Crippen molar-refractivity contribution in [1.82, 2.24) is 4.90 Å². The lowest BCUT2D eigenvalue weighted by Gasteiger charge is -2.36. The van der Waals surface area contributed by atoms with Gasteiger partial charge >= 0.3 is 0 Å². The summed E-state index contributed by atoms with van der Waals surface area (Å²) in [7, 11) is 0. The maximum absolute atomic E-state index is 13.3. The maximum atomic E-state index is 13.3. The number of fused-ring (bicyclic) bond motifs is 1. The number of hydrogen-bond donors (Lipinski definition) is 1. The standard InChI is InChI=1S/C27H24BrFN2O4/c1-17-26(35-24-5-3-2-4-22(24)28)25(33)20-10-11-23(32)21(27(20)34-17)16-30-12-14-31(15-13-30)19-8-6-18(29)7-9-19/h2-11,32H,12-16H2,1H3. The first-order valence-corrected chi connectivity index (χ1v) is 12.1. The Hall–Kier alpha value is -3.36. The number of rotatable bonds is 5. The van der Waals surface area contributed by atoms with Crippen LogP contribution in [0.25, 0.3) is 11.0 Å². The smallest absolute Gasteiger partial charge is 0.235 e. The van der Waals surface area contributed by atoms with Gasteiger partial charge in [0, 0.05) is 38.4 Å². The number of piperazine rings is 1. The summed E-state index contributed by atoms with van der Waals surface area (Å²) in [6.45, 7) is 5.16. The minimum atomic E-state index is -0.290. The van der Waals surface area contributed by atoms with Gasteiger partial charge in [-0.3, -0.25) is 9.69 Å². The zero-order valence-electron chi connectivity index (χ0n) is 19.1. The van der Waals surface area contributed by atoms with Crippen LogP contribution in [0.2, 0.25) is 0 Å². The number of para-hydroxylation sites is 1. The van der Waals surface area contributed by atoms with E-state index in [9.17, 15) is 14.3 Å². The van der Waals surface area contributed by atoms with E-state index in [1.807, 2.05) is 18.2 Å². The number of aryl methyl sites for hydroxylation is 1. The molecule has 0 saturated carbocycles. The number of halogens is 2. The first-order valence-electron chi connectivity index (χ1n) is 11.3. The summed E-state index contributed by atoms with van der Waals surface area (Å²) in [6.07, 6.45) is 0. The molecule has 0 unspecified atom stereocenters. The summed E-state index contributed by atoms with van der Waals surface area (Å²) in [5.41, 5.74) is 1.64. The van der Waals surface area contributed by atoms with E-state index >= 15 is 0 Å². The van der Waals surface area contributed by atoms with Crippen LogP contribution in [0.4, 0.5) is 10.1 Å². The monoisotopic (exact) mass is 538 g/mol. The van der Waals surface area contributed by atoms with Crippen LogP contribution in [-0.4, -0.2) is 36.2 Å². The largest absolute Gasteiger partial charge is 0.507 e. The molecule has 180 valence electrons. The molecule has 5 rings (SSSR count). The van der Waals surface area contributed by atoms with Gasteiger partial charge in [-0.1, -0.05) is 12.1 Å². The lowest BCUT2D eigenvalue weighted by atomic mass is 10.1. The predicted molar refractivity (Wildman–Crippen MR) is 137 cm³/mol. The fourth-order valence-electron chi connectivity index (χ4n) is 4.34. The number of phenols is 1. The molecule has 0 spiro atoms. The summed E-state index contributed by atoms with van der Waals surface area (Å²) in [6, 6.07) is 16.9. The molecule has 1 saturated heterocycles. The van der Waals surface area contributed by atoms with E-state index in [-0.39, 0.29) is 22.7 Å². The lowest BCUT2D eigenvalue weighted by Crippen LogP contribution is -2.46. The average molecular weight is 539 g/mol. The zero-order chi connectivity index (χ0) is 24.5. The molecule has 0 bridgehead atoms. The van der Waals surface area contributed by atoms with Gasteiger partial charge in [0.1, 0.15) is 28.7 Å². The Morgan fingerprint density at radius 1 is 1.03 bits per heavy atom. The normalized spacial score (nSPS) is 14.4. The molecule has 0 radical (unpaired) electrons. The van der Waals surface area contributed by atoms with Crippen molar-refractivity contribution in [2.45, 2.75) is 13.5 Å². The van der Waals surface area contributed by atoms with Crippen molar-refractivity contribution >= 4 is 32.6 Å². The minimum absolute atomic E-state index is 0.0838. The highest BCUT2D eigenvalue weighted by molar-refractivity contribution is 9.10. The molecule has 6 nitrogen and oxygen atoms in total. The third-order valence-corrected chi connectivity index (χ3v) is 6.91. The molecule has 0 aliphatic carbocycles. The SMILES string of the molecule is Cc1oc2c(CN3CCN(c4ccc(F)cc4)CC3)c(O)ccc2c(=O)c1Oc1ccccc1Br. The molecule has 2 heterocycles. The Kier molecular flexibility index (Phi) is 6.49. The molecule has 1 fully saturated rings. The highest BCUT2D eigenvalue weighted by Gasteiger charge is 2.23. The van der Waals surface area contributed by atoms with E-state index < -0.39 is 0 Å². The molecule has 1 aliphatic heterocycles. The Bertz CT molecular complexity index is 1430. The fourth-order valence-corrected chi connectivity index (χ4v) is 4.71. The zero-order valence-corrected chi connectivity index (χ0v) is 20.7. The molecule has 1 aliphatic rings. The van der Waals surface area contributed by atoms with Crippen LogP contribution < -0.4 is 15.1 Å². The second-order valence-electron chi connectivity index (χ2n) is 8.53. The topological polar surface area (TPSA) is 66.2 Å². The van der Waals surface area contributed by atoms with Crippen LogP contribution in [0, 0.1) is 12.7 Å². The lowest BCUT2D eigenvalue weighted by molar-refractivity contribution is 0.246. The fraction of sp³-hybridized carbons (Fsp3) is 0.222. The van der Waals surface area contributed by atoms with E-state index in [4.69, 9.17) is 9.15 Å². The van der Waals surface area contributed by atoms with Crippen molar-refractivity contribution in [2.75, 3.05) is 31.1 Å². The summed E-state index contributed by atoms with van der Waals surface area (Å²) in [4.78, 5) is 17.7. The molecular weight excluding hydrogens is 515 g/mol. The predicted octanol–water partition coefficient (Wildman–Crippen LogP) is 5.82. The van der Waals surface area contributed by atoms with Crippen LogP contribution >= 0.6 is 15.9 Å². The van der Waals surface area contributed by atoms with Crippen LogP contribution in [0.5, 0.6) is 17.2 Å².